The van der Waals surface area contributed by atoms with E-state index >= 15 is 0 Å². The molecule has 0 bridgehead atoms. The Kier molecular flexibility index (Phi) is 5.38. The van der Waals surface area contributed by atoms with Crippen LogP contribution < -0.4 is 0 Å². The van der Waals surface area contributed by atoms with Crippen LogP contribution >= 0.6 is 11.3 Å². The van der Waals surface area contributed by atoms with Crippen molar-refractivity contribution in [1.29, 1.82) is 0 Å². The van der Waals surface area contributed by atoms with E-state index in [1.54, 1.807) is 0 Å². The predicted molar refractivity (Wildman–Crippen MR) is 125 cm³/mol. The highest BCUT2D eigenvalue weighted by Gasteiger charge is 2.25. The Morgan fingerprint density at radius 2 is 1.75 bits per heavy atom. The first-order valence-corrected chi connectivity index (χ1v) is 11.7. The van der Waals surface area contributed by atoms with Crippen molar-refractivity contribution in [3.05, 3.63) is 63.6 Å². The standard InChI is InChI=1S/C24H25N5O2S/c1-16-18(17(2)29-23(25-16)19-6-3-4-7-20(19)26-29)9-10-22(30)27-11-13-28(14-12-27)24(31)21-8-5-15-32-21/h3-8,15H,9-14H2,1-2H3. The number of hydrogen-bond acceptors (Lipinski definition) is 5. The molecular formula is C24H25N5O2S. The number of rotatable bonds is 4. The van der Waals surface area contributed by atoms with E-state index in [2.05, 4.69) is 0 Å². The summed E-state index contributed by atoms with van der Waals surface area (Å²) in [4.78, 5) is 34.7. The maximum absolute atomic E-state index is 12.9. The number of hydrogen-bond donors (Lipinski definition) is 0. The van der Waals surface area contributed by atoms with Crippen molar-refractivity contribution >= 4 is 39.7 Å². The van der Waals surface area contributed by atoms with Crippen molar-refractivity contribution in [2.75, 3.05) is 26.2 Å². The van der Waals surface area contributed by atoms with E-state index in [0.717, 1.165) is 38.4 Å². The maximum Gasteiger partial charge on any atom is 0.264 e. The number of amides is 2. The van der Waals surface area contributed by atoms with Crippen LogP contribution in [0.2, 0.25) is 0 Å². The quantitative estimate of drug-likeness (QED) is 0.480. The van der Waals surface area contributed by atoms with Gasteiger partial charge in [-0.05, 0) is 49.4 Å². The highest BCUT2D eigenvalue weighted by Crippen LogP contribution is 2.23. The van der Waals surface area contributed by atoms with E-state index in [-0.39, 0.29) is 11.8 Å². The fraction of sp³-hybridized carbons (Fsp3) is 0.333. The second kappa shape index (κ2) is 8.35. The molecule has 5 rings (SSSR count). The van der Waals surface area contributed by atoms with Crippen LogP contribution in [0.15, 0.2) is 41.8 Å². The zero-order valence-electron chi connectivity index (χ0n) is 18.2. The zero-order valence-corrected chi connectivity index (χ0v) is 19.1. The minimum absolute atomic E-state index is 0.0596. The lowest BCUT2D eigenvalue weighted by atomic mass is 10.1. The van der Waals surface area contributed by atoms with Crippen molar-refractivity contribution in [1.82, 2.24) is 24.4 Å². The Balaban J connectivity index is 1.25. The van der Waals surface area contributed by atoms with Gasteiger partial charge in [0.2, 0.25) is 5.91 Å². The largest absolute Gasteiger partial charge is 0.339 e. The molecule has 8 heteroatoms. The van der Waals surface area contributed by atoms with Gasteiger partial charge < -0.3 is 9.80 Å². The molecule has 0 unspecified atom stereocenters. The first kappa shape index (κ1) is 20.6. The van der Waals surface area contributed by atoms with E-state index < -0.39 is 0 Å². The van der Waals surface area contributed by atoms with Gasteiger partial charge >= 0.3 is 0 Å². The van der Waals surface area contributed by atoms with E-state index in [4.69, 9.17) is 10.1 Å². The van der Waals surface area contributed by atoms with Gasteiger partial charge in [-0.3, -0.25) is 9.59 Å². The van der Waals surface area contributed by atoms with Crippen LogP contribution in [0, 0.1) is 13.8 Å². The van der Waals surface area contributed by atoms with Crippen molar-refractivity contribution < 1.29 is 9.59 Å². The lowest BCUT2D eigenvalue weighted by Gasteiger charge is -2.34. The van der Waals surface area contributed by atoms with Crippen LogP contribution in [-0.2, 0) is 11.2 Å². The second-order valence-electron chi connectivity index (χ2n) is 8.16. The Bertz CT molecular complexity index is 1300. The summed E-state index contributed by atoms with van der Waals surface area (Å²) in [5, 5.41) is 7.65. The summed E-state index contributed by atoms with van der Waals surface area (Å²) in [6.07, 6.45) is 1.05. The van der Waals surface area contributed by atoms with Crippen molar-refractivity contribution in [3.63, 3.8) is 0 Å². The monoisotopic (exact) mass is 447 g/mol. The molecule has 164 valence electrons. The normalized spacial score (nSPS) is 14.4. The summed E-state index contributed by atoms with van der Waals surface area (Å²) in [6.45, 7) is 6.36. The fourth-order valence-electron chi connectivity index (χ4n) is 4.44. The average molecular weight is 448 g/mol. The molecule has 0 radical (unpaired) electrons. The van der Waals surface area contributed by atoms with Crippen LogP contribution in [0.5, 0.6) is 0 Å². The molecule has 3 aromatic heterocycles. The molecule has 4 heterocycles. The van der Waals surface area contributed by atoms with Gasteiger partial charge in [0.05, 0.1) is 10.4 Å². The number of piperazine rings is 1. The number of thiophene rings is 1. The molecule has 1 aliphatic heterocycles. The van der Waals surface area contributed by atoms with Crippen LogP contribution in [0.3, 0.4) is 0 Å². The Morgan fingerprint density at radius 3 is 2.50 bits per heavy atom. The first-order valence-electron chi connectivity index (χ1n) is 10.9. The molecular weight excluding hydrogens is 422 g/mol. The summed E-state index contributed by atoms with van der Waals surface area (Å²) in [7, 11) is 0. The molecule has 0 saturated carbocycles. The molecule has 1 fully saturated rings. The van der Waals surface area contributed by atoms with Crippen LogP contribution in [0.25, 0.3) is 16.6 Å². The minimum atomic E-state index is 0.0596. The minimum Gasteiger partial charge on any atom is -0.339 e. The fourth-order valence-corrected chi connectivity index (χ4v) is 5.13. The van der Waals surface area contributed by atoms with Gasteiger partial charge in [0.1, 0.15) is 0 Å². The third-order valence-electron chi connectivity index (χ3n) is 6.26. The average Bonchev–Trinajstić information content (AvgIpc) is 3.47. The summed E-state index contributed by atoms with van der Waals surface area (Å²) in [5.41, 5.74) is 4.83. The SMILES string of the molecule is Cc1nc2c3ccccc3nn2c(C)c1CCC(=O)N1CCN(C(=O)c2cccs2)CC1. The lowest BCUT2D eigenvalue weighted by molar-refractivity contribution is -0.132. The number of aryl methyl sites for hydroxylation is 2. The third-order valence-corrected chi connectivity index (χ3v) is 7.12. The topological polar surface area (TPSA) is 70.8 Å². The van der Waals surface area contributed by atoms with Gasteiger partial charge in [-0.15, -0.1) is 11.3 Å². The molecule has 0 atom stereocenters. The molecule has 7 nitrogen and oxygen atoms in total. The van der Waals surface area contributed by atoms with Gasteiger partial charge in [0.25, 0.3) is 5.91 Å². The van der Waals surface area contributed by atoms with Crippen molar-refractivity contribution in [3.8, 4) is 0 Å². The predicted octanol–water partition coefficient (Wildman–Crippen LogP) is 3.48. The number of carbonyl (C=O) groups excluding carboxylic acids is 2. The van der Waals surface area contributed by atoms with Gasteiger partial charge in [-0.1, -0.05) is 18.2 Å². The van der Waals surface area contributed by atoms with Crippen molar-refractivity contribution in [2.24, 2.45) is 0 Å². The second-order valence-corrected chi connectivity index (χ2v) is 9.11. The first-order chi connectivity index (χ1) is 15.5. The smallest absolute Gasteiger partial charge is 0.264 e. The van der Waals surface area contributed by atoms with Gasteiger partial charge in [0, 0.05) is 49.4 Å². The number of carbonyl (C=O) groups is 2. The Labute approximate surface area is 190 Å². The summed E-state index contributed by atoms with van der Waals surface area (Å²) in [5.74, 6) is 0.182. The van der Waals surface area contributed by atoms with Crippen LogP contribution in [0.1, 0.15) is 33.0 Å². The number of fused-ring (bicyclic) bond motifs is 3. The van der Waals surface area contributed by atoms with Gasteiger partial charge in [-0.2, -0.15) is 5.10 Å². The number of benzene rings is 1. The Hall–Kier alpha value is -3.26. The van der Waals surface area contributed by atoms with Crippen LogP contribution in [0.4, 0.5) is 0 Å². The lowest BCUT2D eigenvalue weighted by Crippen LogP contribution is -2.50. The molecule has 1 aliphatic rings. The van der Waals surface area contributed by atoms with Gasteiger partial charge in [-0.25, -0.2) is 9.50 Å². The molecule has 32 heavy (non-hydrogen) atoms. The van der Waals surface area contributed by atoms with Crippen molar-refractivity contribution in [2.45, 2.75) is 26.7 Å². The number of nitrogens with zero attached hydrogens (tertiary/aromatic N) is 5. The summed E-state index contributed by atoms with van der Waals surface area (Å²) in [6, 6.07) is 11.7. The van der Waals surface area contributed by atoms with E-state index in [1.807, 2.05) is 69.9 Å². The van der Waals surface area contributed by atoms with E-state index in [1.165, 1.54) is 11.3 Å². The summed E-state index contributed by atoms with van der Waals surface area (Å²) < 4.78 is 1.90. The molecule has 0 aliphatic carbocycles. The highest BCUT2D eigenvalue weighted by atomic mass is 32.1. The van der Waals surface area contributed by atoms with E-state index in [9.17, 15) is 9.59 Å². The van der Waals surface area contributed by atoms with E-state index in [0.29, 0.717) is 39.0 Å². The molecule has 0 spiro atoms. The van der Waals surface area contributed by atoms with Gasteiger partial charge in [0.15, 0.2) is 5.65 Å². The molecule has 0 N–H and O–H groups in total. The number of aromatic nitrogens is 3. The molecule has 2 amide bonds. The maximum atomic E-state index is 12.9. The zero-order chi connectivity index (χ0) is 22.2. The van der Waals surface area contributed by atoms with Crippen LogP contribution in [-0.4, -0.2) is 62.4 Å². The third kappa shape index (κ3) is 3.64. The molecule has 1 saturated heterocycles. The summed E-state index contributed by atoms with van der Waals surface area (Å²) >= 11 is 1.46. The molecule has 1 aromatic carbocycles. The highest BCUT2D eigenvalue weighted by molar-refractivity contribution is 7.12. The Morgan fingerprint density at radius 1 is 1.00 bits per heavy atom. The molecule has 4 aromatic rings.